The van der Waals surface area contributed by atoms with Gasteiger partial charge in [0.05, 0.1) is 5.52 Å². The van der Waals surface area contributed by atoms with Crippen molar-refractivity contribution in [2.24, 2.45) is 0 Å². The van der Waals surface area contributed by atoms with Crippen LogP contribution < -0.4 is 0 Å². The van der Waals surface area contributed by atoms with Crippen LogP contribution in [-0.4, -0.2) is 15.3 Å². The van der Waals surface area contributed by atoms with Crippen molar-refractivity contribution in [2.75, 3.05) is 0 Å². The first-order valence-corrected chi connectivity index (χ1v) is 5.30. The number of aromatic nitrogens is 2. The van der Waals surface area contributed by atoms with Gasteiger partial charge in [-0.2, -0.15) is 0 Å². The molecule has 2 rings (SSSR count). The molecule has 84 valence electrons. The summed E-state index contributed by atoms with van der Waals surface area (Å²) in [6.45, 7) is 4.13. The smallest absolute Gasteiger partial charge is 0.195 e. The second kappa shape index (κ2) is 4.04. The van der Waals surface area contributed by atoms with Gasteiger partial charge in [-0.05, 0) is 18.6 Å². The second-order valence-corrected chi connectivity index (χ2v) is 3.75. The summed E-state index contributed by atoms with van der Waals surface area (Å²) >= 11 is 0. The Balaban J connectivity index is 2.75. The Labute approximate surface area is 92.9 Å². The van der Waals surface area contributed by atoms with Crippen molar-refractivity contribution in [3.8, 4) is 0 Å². The minimum absolute atomic E-state index is 0.135. The fourth-order valence-corrected chi connectivity index (χ4v) is 1.83. The number of hydrogen-bond donors (Lipinski definition) is 0. The molecular formula is C12H13FN2O. The highest BCUT2D eigenvalue weighted by molar-refractivity contribution is 5.94. The maximum atomic E-state index is 13.5. The summed E-state index contributed by atoms with van der Waals surface area (Å²) in [6, 6.07) is 4.78. The number of carbonyl (C=O) groups excluding carboxylic acids is 1. The van der Waals surface area contributed by atoms with Crippen LogP contribution in [0.4, 0.5) is 4.39 Å². The average Bonchev–Trinajstić information content (AvgIpc) is 2.60. The highest BCUT2D eigenvalue weighted by atomic mass is 19.1. The summed E-state index contributed by atoms with van der Waals surface area (Å²) in [6.07, 6.45) is 0.877. The largest absolute Gasteiger partial charge is 0.321 e. The molecule has 0 radical (unpaired) electrons. The van der Waals surface area contributed by atoms with E-state index in [1.165, 1.54) is 13.0 Å². The van der Waals surface area contributed by atoms with Gasteiger partial charge in [-0.3, -0.25) is 4.79 Å². The monoisotopic (exact) mass is 220 g/mol. The number of imidazole rings is 1. The average molecular weight is 220 g/mol. The summed E-state index contributed by atoms with van der Waals surface area (Å²) in [5.74, 6) is -0.180. The molecule has 0 aliphatic heterocycles. The number of fused-ring (bicyclic) bond motifs is 1. The molecule has 1 aromatic carbocycles. The van der Waals surface area contributed by atoms with Crippen LogP contribution in [-0.2, 0) is 6.54 Å². The van der Waals surface area contributed by atoms with Crippen molar-refractivity contribution in [2.45, 2.75) is 26.8 Å². The summed E-state index contributed by atoms with van der Waals surface area (Å²) < 4.78 is 15.3. The van der Waals surface area contributed by atoms with Gasteiger partial charge >= 0.3 is 0 Å². The molecule has 0 aliphatic carbocycles. The van der Waals surface area contributed by atoms with Gasteiger partial charge in [0.1, 0.15) is 5.52 Å². The summed E-state index contributed by atoms with van der Waals surface area (Å²) in [7, 11) is 0. The maximum Gasteiger partial charge on any atom is 0.195 e. The number of para-hydroxylation sites is 1. The first-order chi connectivity index (χ1) is 7.65. The van der Waals surface area contributed by atoms with E-state index in [4.69, 9.17) is 0 Å². The lowest BCUT2D eigenvalue weighted by atomic mass is 10.3. The molecule has 3 nitrogen and oxygen atoms in total. The van der Waals surface area contributed by atoms with E-state index in [1.807, 2.05) is 6.92 Å². The molecule has 16 heavy (non-hydrogen) atoms. The topological polar surface area (TPSA) is 34.9 Å². The number of rotatable bonds is 3. The SMILES string of the molecule is CCCn1c(C(C)=O)nc2c(F)cccc21. The number of halogens is 1. The third-order valence-corrected chi connectivity index (χ3v) is 2.49. The van der Waals surface area contributed by atoms with Gasteiger partial charge in [-0.15, -0.1) is 0 Å². The zero-order valence-electron chi connectivity index (χ0n) is 9.33. The maximum absolute atomic E-state index is 13.5. The van der Waals surface area contributed by atoms with E-state index in [0.29, 0.717) is 17.9 Å². The predicted octanol–water partition coefficient (Wildman–Crippen LogP) is 2.79. The minimum Gasteiger partial charge on any atom is -0.321 e. The van der Waals surface area contributed by atoms with Gasteiger partial charge < -0.3 is 4.57 Å². The number of ketones is 1. The van der Waals surface area contributed by atoms with Gasteiger partial charge in [0, 0.05) is 13.5 Å². The van der Waals surface area contributed by atoms with Crippen LogP contribution in [0.1, 0.15) is 30.9 Å². The van der Waals surface area contributed by atoms with Crippen molar-refractivity contribution >= 4 is 16.8 Å². The number of aryl methyl sites for hydroxylation is 1. The normalized spacial score (nSPS) is 10.9. The van der Waals surface area contributed by atoms with Gasteiger partial charge in [0.2, 0.25) is 0 Å². The molecule has 0 saturated heterocycles. The van der Waals surface area contributed by atoms with E-state index >= 15 is 0 Å². The molecular weight excluding hydrogens is 207 g/mol. The lowest BCUT2D eigenvalue weighted by molar-refractivity contribution is 0.1000. The zero-order valence-corrected chi connectivity index (χ0v) is 9.33. The summed E-state index contributed by atoms with van der Waals surface area (Å²) in [4.78, 5) is 15.5. The third kappa shape index (κ3) is 1.60. The van der Waals surface area contributed by atoms with Crippen LogP contribution in [0, 0.1) is 5.82 Å². The van der Waals surface area contributed by atoms with Crippen LogP contribution in [0.25, 0.3) is 11.0 Å². The zero-order chi connectivity index (χ0) is 11.7. The molecule has 0 aliphatic rings. The highest BCUT2D eigenvalue weighted by Gasteiger charge is 2.15. The molecule has 0 bridgehead atoms. The summed E-state index contributed by atoms with van der Waals surface area (Å²) in [5, 5.41) is 0. The van der Waals surface area contributed by atoms with Crippen molar-refractivity contribution in [3.05, 3.63) is 29.8 Å². The van der Waals surface area contributed by atoms with Gasteiger partial charge in [0.15, 0.2) is 17.4 Å². The molecule has 1 aromatic heterocycles. The number of benzene rings is 1. The van der Waals surface area contributed by atoms with Crippen LogP contribution >= 0.6 is 0 Å². The molecule has 2 aromatic rings. The highest BCUT2D eigenvalue weighted by Crippen LogP contribution is 2.19. The number of Topliss-reactive ketones (excluding diaryl/α,β-unsaturated/α-hetero) is 1. The Kier molecular flexibility index (Phi) is 2.73. The first-order valence-electron chi connectivity index (χ1n) is 5.30. The van der Waals surface area contributed by atoms with Crippen LogP contribution in [0.3, 0.4) is 0 Å². The number of hydrogen-bond acceptors (Lipinski definition) is 2. The van der Waals surface area contributed by atoms with E-state index in [9.17, 15) is 9.18 Å². The molecule has 0 atom stereocenters. The Morgan fingerprint density at radius 1 is 1.50 bits per heavy atom. The quantitative estimate of drug-likeness (QED) is 0.745. The molecule has 4 heteroatoms. The second-order valence-electron chi connectivity index (χ2n) is 3.75. The Morgan fingerprint density at radius 3 is 2.88 bits per heavy atom. The van der Waals surface area contributed by atoms with E-state index in [2.05, 4.69) is 4.98 Å². The first kappa shape index (κ1) is 10.8. The van der Waals surface area contributed by atoms with Crippen LogP contribution in [0.5, 0.6) is 0 Å². The Bertz CT molecular complexity index is 545. The van der Waals surface area contributed by atoms with Crippen molar-refractivity contribution in [1.29, 1.82) is 0 Å². The lowest BCUT2D eigenvalue weighted by Gasteiger charge is -2.04. The van der Waals surface area contributed by atoms with Crippen molar-refractivity contribution in [3.63, 3.8) is 0 Å². The fraction of sp³-hybridized carbons (Fsp3) is 0.333. The van der Waals surface area contributed by atoms with E-state index < -0.39 is 0 Å². The molecule has 0 amide bonds. The minimum atomic E-state index is -0.380. The molecule has 0 fully saturated rings. The van der Waals surface area contributed by atoms with Crippen LogP contribution in [0.2, 0.25) is 0 Å². The fourth-order valence-electron chi connectivity index (χ4n) is 1.83. The molecule has 0 saturated carbocycles. The Hall–Kier alpha value is -1.71. The third-order valence-electron chi connectivity index (χ3n) is 2.49. The summed E-state index contributed by atoms with van der Waals surface area (Å²) in [5.41, 5.74) is 0.966. The van der Waals surface area contributed by atoms with E-state index in [-0.39, 0.29) is 17.1 Å². The number of carbonyl (C=O) groups is 1. The lowest BCUT2D eigenvalue weighted by Crippen LogP contribution is -2.07. The van der Waals surface area contributed by atoms with Gasteiger partial charge in [-0.1, -0.05) is 13.0 Å². The van der Waals surface area contributed by atoms with Crippen LogP contribution in [0.15, 0.2) is 18.2 Å². The van der Waals surface area contributed by atoms with Gasteiger partial charge in [0.25, 0.3) is 0 Å². The molecule has 0 N–H and O–H groups in total. The molecule has 1 heterocycles. The van der Waals surface area contributed by atoms with Crippen molar-refractivity contribution in [1.82, 2.24) is 9.55 Å². The molecule has 0 unspecified atom stereocenters. The van der Waals surface area contributed by atoms with Crippen molar-refractivity contribution < 1.29 is 9.18 Å². The number of nitrogens with zero attached hydrogens (tertiary/aromatic N) is 2. The predicted molar refractivity (Wildman–Crippen MR) is 60.0 cm³/mol. The molecule has 0 spiro atoms. The van der Waals surface area contributed by atoms with E-state index in [1.54, 1.807) is 16.7 Å². The Morgan fingerprint density at radius 2 is 2.25 bits per heavy atom. The standard InChI is InChI=1S/C12H13FN2O/c1-3-7-15-10-6-4-5-9(13)11(10)14-12(15)8(2)16/h4-6H,3,7H2,1-2H3. The van der Waals surface area contributed by atoms with E-state index in [0.717, 1.165) is 6.42 Å². The van der Waals surface area contributed by atoms with Gasteiger partial charge in [-0.25, -0.2) is 9.37 Å².